The molecule has 0 spiro atoms. The van der Waals surface area contributed by atoms with Crippen LogP contribution in [0.4, 0.5) is 0 Å². The Morgan fingerprint density at radius 2 is 2.24 bits per heavy atom. The Morgan fingerprint density at radius 3 is 3.05 bits per heavy atom. The molecular formula is C15H16N4OS. The number of ether oxygens (including phenoxy) is 1. The van der Waals surface area contributed by atoms with Crippen LogP contribution in [0.15, 0.2) is 46.7 Å². The van der Waals surface area contributed by atoms with Crippen LogP contribution in [0.25, 0.3) is 11.0 Å². The number of hydrogen-bond donors (Lipinski definition) is 2. The van der Waals surface area contributed by atoms with E-state index in [1.165, 1.54) is 11.8 Å². The van der Waals surface area contributed by atoms with Gasteiger partial charge in [0.15, 0.2) is 5.16 Å². The van der Waals surface area contributed by atoms with Crippen LogP contribution in [0.2, 0.25) is 0 Å². The average molecular weight is 300 g/mol. The van der Waals surface area contributed by atoms with E-state index in [-0.39, 0.29) is 0 Å². The zero-order valence-corrected chi connectivity index (χ0v) is 12.7. The lowest BCUT2D eigenvalue weighted by Gasteiger charge is -2.05. The number of fused-ring (bicyclic) bond motifs is 1. The monoisotopic (exact) mass is 300 g/mol. The molecule has 2 N–H and O–H groups in total. The van der Waals surface area contributed by atoms with E-state index in [9.17, 15) is 0 Å². The second kappa shape index (κ2) is 6.15. The molecule has 0 radical (unpaired) electrons. The van der Waals surface area contributed by atoms with E-state index >= 15 is 0 Å². The van der Waals surface area contributed by atoms with Gasteiger partial charge in [0.1, 0.15) is 10.8 Å². The highest BCUT2D eigenvalue weighted by molar-refractivity contribution is 7.99. The number of nitrogens with one attached hydrogen (secondary N) is 2. The second-order valence-corrected chi connectivity index (χ2v) is 5.50. The molecule has 2 heterocycles. The molecule has 3 aromatic rings. The summed E-state index contributed by atoms with van der Waals surface area (Å²) < 4.78 is 5.23. The molecular weight excluding hydrogens is 284 g/mol. The molecule has 0 atom stereocenters. The summed E-state index contributed by atoms with van der Waals surface area (Å²) in [6, 6.07) is 9.81. The van der Waals surface area contributed by atoms with Crippen LogP contribution < -0.4 is 10.1 Å². The van der Waals surface area contributed by atoms with Gasteiger partial charge in [-0.1, -0.05) is 6.07 Å². The topological polar surface area (TPSA) is 62.8 Å². The first kappa shape index (κ1) is 13.9. The molecule has 5 nitrogen and oxygen atoms in total. The molecule has 0 bridgehead atoms. The van der Waals surface area contributed by atoms with Crippen LogP contribution in [0, 0.1) is 0 Å². The summed E-state index contributed by atoms with van der Waals surface area (Å²) in [5.74, 6) is 0.816. The van der Waals surface area contributed by atoms with Crippen LogP contribution in [0.5, 0.6) is 5.75 Å². The van der Waals surface area contributed by atoms with Crippen molar-refractivity contribution in [3.63, 3.8) is 0 Å². The van der Waals surface area contributed by atoms with Crippen LogP contribution >= 0.6 is 11.8 Å². The number of nitrogens with zero attached hydrogens (tertiary/aromatic N) is 2. The van der Waals surface area contributed by atoms with Crippen molar-refractivity contribution < 1.29 is 4.74 Å². The van der Waals surface area contributed by atoms with Gasteiger partial charge >= 0.3 is 0 Å². The quantitative estimate of drug-likeness (QED) is 0.758. The van der Waals surface area contributed by atoms with Crippen molar-refractivity contribution in [1.29, 1.82) is 0 Å². The molecule has 2 aromatic heterocycles. The van der Waals surface area contributed by atoms with Gasteiger partial charge in [-0.3, -0.25) is 0 Å². The summed E-state index contributed by atoms with van der Waals surface area (Å²) in [7, 11) is 3.58. The summed E-state index contributed by atoms with van der Waals surface area (Å²) in [4.78, 5) is 12.3. The van der Waals surface area contributed by atoms with E-state index in [1.807, 2.05) is 31.3 Å². The van der Waals surface area contributed by atoms with E-state index in [2.05, 4.69) is 26.3 Å². The Labute approximate surface area is 127 Å². The molecule has 108 valence electrons. The predicted molar refractivity (Wildman–Crippen MR) is 83.8 cm³/mol. The van der Waals surface area contributed by atoms with Crippen LogP contribution in [-0.4, -0.2) is 29.1 Å². The summed E-state index contributed by atoms with van der Waals surface area (Å²) in [6.45, 7) is 0.782. The number of methoxy groups -OCH3 is 1. The molecule has 0 fully saturated rings. The molecule has 0 aliphatic carbocycles. The van der Waals surface area contributed by atoms with Crippen molar-refractivity contribution in [1.82, 2.24) is 20.3 Å². The number of benzene rings is 1. The minimum atomic E-state index is 0.782. The first-order chi connectivity index (χ1) is 10.3. The van der Waals surface area contributed by atoms with Gasteiger partial charge in [0.25, 0.3) is 0 Å². The summed E-state index contributed by atoms with van der Waals surface area (Å²) in [5, 5.41) is 4.94. The fourth-order valence-corrected chi connectivity index (χ4v) is 2.95. The van der Waals surface area contributed by atoms with Crippen molar-refractivity contribution in [2.75, 3.05) is 14.2 Å². The average Bonchev–Trinajstić information content (AvgIpc) is 2.90. The summed E-state index contributed by atoms with van der Waals surface area (Å²) >= 11 is 1.53. The molecule has 0 saturated carbocycles. The third-order valence-corrected chi connectivity index (χ3v) is 4.03. The number of hydrogen-bond acceptors (Lipinski definition) is 5. The maximum Gasteiger partial charge on any atom is 0.172 e. The molecule has 1 aromatic carbocycles. The molecule has 0 aliphatic rings. The van der Waals surface area contributed by atoms with E-state index < -0.39 is 0 Å². The number of aromatic amines is 1. The Morgan fingerprint density at radius 1 is 1.33 bits per heavy atom. The van der Waals surface area contributed by atoms with Crippen molar-refractivity contribution in [3.8, 4) is 5.75 Å². The van der Waals surface area contributed by atoms with Crippen molar-refractivity contribution in [2.45, 2.75) is 16.7 Å². The molecule has 3 rings (SSSR count). The highest BCUT2D eigenvalue weighted by Gasteiger charge is 2.09. The Kier molecular flexibility index (Phi) is 4.08. The highest BCUT2D eigenvalue weighted by Crippen LogP contribution is 2.29. The lowest BCUT2D eigenvalue weighted by molar-refractivity contribution is 0.415. The van der Waals surface area contributed by atoms with Gasteiger partial charge in [0, 0.05) is 18.8 Å². The zero-order chi connectivity index (χ0) is 14.7. The standard InChI is InChI=1S/C15H16N4OS/c1-16-9-10-4-3-7-17-14(10)21-15-18-12-6-5-11(20-2)8-13(12)19-15/h3-8,16H,9H2,1-2H3,(H,18,19). The first-order valence-corrected chi connectivity index (χ1v) is 7.42. The minimum Gasteiger partial charge on any atom is -0.497 e. The Balaban J connectivity index is 1.91. The normalized spacial score (nSPS) is 11.0. The number of pyridine rings is 1. The smallest absolute Gasteiger partial charge is 0.172 e. The molecule has 0 amide bonds. The number of H-pyrrole nitrogens is 1. The van der Waals surface area contributed by atoms with Gasteiger partial charge in [-0.2, -0.15) is 0 Å². The fraction of sp³-hybridized carbons (Fsp3) is 0.200. The number of aromatic nitrogens is 3. The SMILES string of the molecule is CNCc1cccnc1Sc1nc2ccc(OC)cc2[nH]1. The first-order valence-electron chi connectivity index (χ1n) is 6.60. The van der Waals surface area contributed by atoms with Crippen molar-refractivity contribution >= 4 is 22.8 Å². The fourth-order valence-electron chi connectivity index (χ4n) is 2.07. The predicted octanol–water partition coefficient (Wildman–Crippen LogP) is 2.84. The van der Waals surface area contributed by atoms with Crippen LogP contribution in [0.1, 0.15) is 5.56 Å². The van der Waals surface area contributed by atoms with E-state index in [4.69, 9.17) is 4.74 Å². The lowest BCUT2D eigenvalue weighted by Crippen LogP contribution is -2.06. The van der Waals surface area contributed by atoms with Gasteiger partial charge in [0.2, 0.25) is 0 Å². The lowest BCUT2D eigenvalue weighted by atomic mass is 10.3. The van der Waals surface area contributed by atoms with E-state index in [1.54, 1.807) is 13.3 Å². The van der Waals surface area contributed by atoms with Crippen LogP contribution in [-0.2, 0) is 6.54 Å². The van der Waals surface area contributed by atoms with Gasteiger partial charge in [-0.25, -0.2) is 9.97 Å². The van der Waals surface area contributed by atoms with E-state index in [0.717, 1.165) is 39.1 Å². The maximum atomic E-state index is 5.23. The van der Waals surface area contributed by atoms with Gasteiger partial charge in [0.05, 0.1) is 18.1 Å². The van der Waals surface area contributed by atoms with Gasteiger partial charge in [-0.15, -0.1) is 0 Å². The third-order valence-electron chi connectivity index (χ3n) is 3.08. The van der Waals surface area contributed by atoms with Crippen molar-refractivity contribution in [2.24, 2.45) is 0 Å². The maximum absolute atomic E-state index is 5.23. The third kappa shape index (κ3) is 3.01. The number of rotatable bonds is 5. The second-order valence-electron chi connectivity index (χ2n) is 4.53. The molecule has 6 heteroatoms. The molecule has 21 heavy (non-hydrogen) atoms. The number of imidazole rings is 1. The van der Waals surface area contributed by atoms with E-state index in [0.29, 0.717) is 0 Å². The molecule has 0 unspecified atom stereocenters. The van der Waals surface area contributed by atoms with Crippen LogP contribution in [0.3, 0.4) is 0 Å². The minimum absolute atomic E-state index is 0.782. The van der Waals surface area contributed by atoms with Gasteiger partial charge in [-0.05, 0) is 42.6 Å². The molecule has 0 saturated heterocycles. The highest BCUT2D eigenvalue weighted by atomic mass is 32.2. The summed E-state index contributed by atoms with van der Waals surface area (Å²) in [6.07, 6.45) is 1.80. The molecule has 0 aliphatic heterocycles. The summed E-state index contributed by atoms with van der Waals surface area (Å²) in [5.41, 5.74) is 3.04. The zero-order valence-electron chi connectivity index (χ0n) is 11.9. The van der Waals surface area contributed by atoms with Gasteiger partial charge < -0.3 is 15.0 Å². The Bertz CT molecular complexity index is 756. The largest absolute Gasteiger partial charge is 0.497 e. The Hall–Kier alpha value is -2.05. The van der Waals surface area contributed by atoms with Crippen molar-refractivity contribution in [3.05, 3.63) is 42.1 Å².